The van der Waals surface area contributed by atoms with Crippen LogP contribution in [0.15, 0.2) is 0 Å². The largest absolute Gasteiger partial charge is 0.392 e. The molecule has 0 bridgehead atoms. The number of piperidine rings is 1. The fraction of sp³-hybridized carbons (Fsp3) is 1.00. The third kappa shape index (κ3) is 2.42. The Morgan fingerprint density at radius 1 is 1.55 bits per heavy atom. The van der Waals surface area contributed by atoms with Crippen LogP contribution in [0.1, 0.15) is 19.8 Å². The smallest absolute Gasteiger partial charge is 0.102 e. The Morgan fingerprint density at radius 3 is 2.91 bits per heavy atom. The Labute approximate surface area is 67.0 Å². The zero-order valence-corrected chi connectivity index (χ0v) is 6.96. The van der Waals surface area contributed by atoms with Crippen molar-refractivity contribution >= 4 is 0 Å². The number of alkyl halides is 1. The summed E-state index contributed by atoms with van der Waals surface area (Å²) in [6.07, 6.45) is 1.61. The lowest BCUT2D eigenvalue weighted by Gasteiger charge is -2.35. The quantitative estimate of drug-likeness (QED) is 0.647. The molecule has 1 N–H and O–H groups in total. The maximum absolute atomic E-state index is 12.0. The fourth-order valence-electron chi connectivity index (χ4n) is 1.58. The molecule has 0 spiro atoms. The molecule has 1 aliphatic heterocycles. The molecule has 1 fully saturated rings. The van der Waals surface area contributed by atoms with Crippen LogP contribution in [-0.4, -0.2) is 41.9 Å². The zero-order valence-electron chi connectivity index (χ0n) is 6.96. The molecule has 2 nitrogen and oxygen atoms in total. The molecular formula is C8H16FNO. The first-order valence-corrected chi connectivity index (χ1v) is 4.22. The average molecular weight is 161 g/mol. The predicted molar refractivity (Wildman–Crippen MR) is 42.3 cm³/mol. The number of aliphatic hydroxyl groups excluding tert-OH is 1. The number of halogens is 1. The van der Waals surface area contributed by atoms with E-state index in [9.17, 15) is 9.50 Å². The summed E-state index contributed by atoms with van der Waals surface area (Å²) >= 11 is 0. The van der Waals surface area contributed by atoms with Crippen LogP contribution in [0.5, 0.6) is 0 Å². The fourth-order valence-corrected chi connectivity index (χ4v) is 1.58. The van der Waals surface area contributed by atoms with Crippen molar-refractivity contribution in [1.82, 2.24) is 4.90 Å². The molecule has 0 aromatic rings. The maximum atomic E-state index is 12.0. The van der Waals surface area contributed by atoms with Crippen LogP contribution in [0.3, 0.4) is 0 Å². The Kier molecular flexibility index (Phi) is 3.27. The van der Waals surface area contributed by atoms with Gasteiger partial charge in [0.25, 0.3) is 0 Å². The third-order valence-electron chi connectivity index (χ3n) is 2.36. The van der Waals surface area contributed by atoms with E-state index in [0.717, 1.165) is 12.8 Å². The maximum Gasteiger partial charge on any atom is 0.102 e. The second-order valence-corrected chi connectivity index (χ2v) is 3.26. The minimum Gasteiger partial charge on any atom is -0.392 e. The molecular weight excluding hydrogens is 145 g/mol. The molecule has 66 valence electrons. The van der Waals surface area contributed by atoms with Crippen molar-refractivity contribution in [2.45, 2.75) is 31.9 Å². The van der Waals surface area contributed by atoms with E-state index >= 15 is 0 Å². The number of hydrogen-bond acceptors (Lipinski definition) is 2. The third-order valence-corrected chi connectivity index (χ3v) is 2.36. The average Bonchev–Trinajstić information content (AvgIpc) is 1.98. The minimum atomic E-state index is -0.308. The molecule has 2 atom stereocenters. The van der Waals surface area contributed by atoms with Gasteiger partial charge in [-0.2, -0.15) is 0 Å². The Balaban J connectivity index is 2.34. The van der Waals surface area contributed by atoms with Gasteiger partial charge in [-0.1, -0.05) is 0 Å². The highest BCUT2D eigenvalue weighted by molar-refractivity contribution is 4.77. The van der Waals surface area contributed by atoms with E-state index < -0.39 is 0 Å². The Morgan fingerprint density at radius 2 is 2.27 bits per heavy atom. The van der Waals surface area contributed by atoms with E-state index in [0.29, 0.717) is 19.1 Å². The van der Waals surface area contributed by atoms with Gasteiger partial charge in [0.2, 0.25) is 0 Å². The van der Waals surface area contributed by atoms with Crippen molar-refractivity contribution in [3.05, 3.63) is 0 Å². The van der Waals surface area contributed by atoms with Crippen molar-refractivity contribution < 1.29 is 9.50 Å². The van der Waals surface area contributed by atoms with Crippen LogP contribution < -0.4 is 0 Å². The van der Waals surface area contributed by atoms with Gasteiger partial charge in [0.15, 0.2) is 0 Å². The number of hydrogen-bond donors (Lipinski definition) is 1. The lowest BCUT2D eigenvalue weighted by atomic mass is 10.0. The lowest BCUT2D eigenvalue weighted by molar-refractivity contribution is 0.0380. The summed E-state index contributed by atoms with van der Waals surface area (Å²) in [5.74, 6) is 0. The van der Waals surface area contributed by atoms with Gasteiger partial charge < -0.3 is 5.11 Å². The summed E-state index contributed by atoms with van der Waals surface area (Å²) in [5.41, 5.74) is 0. The van der Waals surface area contributed by atoms with Gasteiger partial charge >= 0.3 is 0 Å². The summed E-state index contributed by atoms with van der Waals surface area (Å²) < 4.78 is 12.0. The van der Waals surface area contributed by atoms with E-state index in [-0.39, 0.29) is 12.8 Å². The SMILES string of the molecule is C[C@@H]1CC[C@@H](O)CN1CCF. The van der Waals surface area contributed by atoms with Gasteiger partial charge in [-0.05, 0) is 19.8 Å². The first-order chi connectivity index (χ1) is 5.24. The van der Waals surface area contributed by atoms with E-state index in [4.69, 9.17) is 0 Å². The van der Waals surface area contributed by atoms with E-state index in [1.165, 1.54) is 0 Å². The Bertz CT molecular complexity index is 121. The summed E-state index contributed by atoms with van der Waals surface area (Å²) in [4.78, 5) is 2.01. The van der Waals surface area contributed by atoms with Gasteiger partial charge in [0.05, 0.1) is 6.10 Å². The highest BCUT2D eigenvalue weighted by Gasteiger charge is 2.22. The standard InChI is InChI=1S/C8H16FNO/c1-7-2-3-8(11)6-10(7)5-4-9/h7-8,11H,2-6H2,1H3/t7-,8-/m1/s1. The van der Waals surface area contributed by atoms with E-state index in [1.807, 2.05) is 4.90 Å². The summed E-state index contributed by atoms with van der Waals surface area (Å²) in [5, 5.41) is 9.26. The lowest BCUT2D eigenvalue weighted by Crippen LogP contribution is -2.44. The number of rotatable bonds is 2. The van der Waals surface area contributed by atoms with E-state index in [2.05, 4.69) is 6.92 Å². The van der Waals surface area contributed by atoms with Gasteiger partial charge in [-0.3, -0.25) is 4.90 Å². The molecule has 0 aromatic carbocycles. The number of nitrogens with zero attached hydrogens (tertiary/aromatic N) is 1. The molecule has 0 saturated carbocycles. The minimum absolute atomic E-state index is 0.238. The van der Waals surface area contributed by atoms with Crippen LogP contribution in [0, 0.1) is 0 Å². The van der Waals surface area contributed by atoms with Crippen LogP contribution in [0.4, 0.5) is 4.39 Å². The molecule has 0 radical (unpaired) electrons. The van der Waals surface area contributed by atoms with Crippen LogP contribution in [-0.2, 0) is 0 Å². The Hall–Kier alpha value is -0.150. The van der Waals surface area contributed by atoms with Crippen molar-refractivity contribution in [3.63, 3.8) is 0 Å². The highest BCUT2D eigenvalue weighted by atomic mass is 19.1. The molecule has 3 heteroatoms. The number of β-amino-alcohol motifs (C(OH)–C–C–N with tert-alkyl or cyclic N) is 1. The normalized spacial score (nSPS) is 34.1. The second kappa shape index (κ2) is 4.02. The van der Waals surface area contributed by atoms with Gasteiger partial charge in [-0.25, -0.2) is 4.39 Å². The monoisotopic (exact) mass is 161 g/mol. The predicted octanol–water partition coefficient (Wildman–Crippen LogP) is 0.801. The van der Waals surface area contributed by atoms with Crippen molar-refractivity contribution in [1.29, 1.82) is 0 Å². The van der Waals surface area contributed by atoms with Gasteiger partial charge in [0.1, 0.15) is 6.67 Å². The molecule has 0 amide bonds. The summed E-state index contributed by atoms with van der Waals surface area (Å²) in [6.45, 7) is 2.89. The summed E-state index contributed by atoms with van der Waals surface area (Å²) in [6, 6.07) is 0.439. The molecule has 0 aliphatic carbocycles. The topological polar surface area (TPSA) is 23.5 Å². The highest BCUT2D eigenvalue weighted by Crippen LogP contribution is 2.16. The van der Waals surface area contributed by atoms with Crippen molar-refractivity contribution in [2.75, 3.05) is 19.8 Å². The van der Waals surface area contributed by atoms with Gasteiger partial charge in [0, 0.05) is 19.1 Å². The number of likely N-dealkylation sites (tertiary alicyclic amines) is 1. The first-order valence-electron chi connectivity index (χ1n) is 4.22. The molecule has 1 saturated heterocycles. The molecule has 1 heterocycles. The zero-order chi connectivity index (χ0) is 8.27. The van der Waals surface area contributed by atoms with Crippen LogP contribution >= 0.6 is 0 Å². The molecule has 1 rings (SSSR count). The molecule has 1 aliphatic rings. The van der Waals surface area contributed by atoms with Crippen LogP contribution in [0.2, 0.25) is 0 Å². The van der Waals surface area contributed by atoms with Crippen LogP contribution in [0.25, 0.3) is 0 Å². The molecule has 0 aromatic heterocycles. The number of aliphatic hydroxyl groups is 1. The van der Waals surface area contributed by atoms with E-state index in [1.54, 1.807) is 0 Å². The summed E-state index contributed by atoms with van der Waals surface area (Å²) in [7, 11) is 0. The van der Waals surface area contributed by atoms with Gasteiger partial charge in [-0.15, -0.1) is 0 Å². The first kappa shape index (κ1) is 8.94. The second-order valence-electron chi connectivity index (χ2n) is 3.26. The molecule has 0 unspecified atom stereocenters. The van der Waals surface area contributed by atoms with Crippen molar-refractivity contribution in [2.24, 2.45) is 0 Å². The molecule has 11 heavy (non-hydrogen) atoms. The van der Waals surface area contributed by atoms with Crippen molar-refractivity contribution in [3.8, 4) is 0 Å².